The smallest absolute Gasteiger partial charge is 0.230 e. The summed E-state index contributed by atoms with van der Waals surface area (Å²) in [5.74, 6) is 1.17. The van der Waals surface area contributed by atoms with Gasteiger partial charge >= 0.3 is 0 Å². The van der Waals surface area contributed by atoms with Crippen LogP contribution < -0.4 is 11.1 Å². The normalized spacial score (nSPS) is 12.4. The van der Waals surface area contributed by atoms with Gasteiger partial charge in [-0.25, -0.2) is 0 Å². The molecule has 3 nitrogen and oxygen atoms in total. The van der Waals surface area contributed by atoms with E-state index in [0.717, 1.165) is 29.0 Å². The van der Waals surface area contributed by atoms with Crippen LogP contribution in [0.3, 0.4) is 0 Å². The van der Waals surface area contributed by atoms with E-state index < -0.39 is 0 Å². The average Bonchev–Trinajstić information content (AvgIpc) is 2.37. The van der Waals surface area contributed by atoms with Crippen molar-refractivity contribution in [3.63, 3.8) is 0 Å². The van der Waals surface area contributed by atoms with Crippen LogP contribution in [0.2, 0.25) is 0 Å². The van der Waals surface area contributed by atoms with Crippen molar-refractivity contribution < 1.29 is 4.79 Å². The second-order valence-corrected chi connectivity index (χ2v) is 6.79. The summed E-state index contributed by atoms with van der Waals surface area (Å²) >= 11 is 1.50. The molecule has 0 aliphatic heterocycles. The Labute approximate surface area is 126 Å². The number of nitrogen functional groups attached to an aromatic ring is 1. The van der Waals surface area contributed by atoms with E-state index in [1.165, 1.54) is 11.8 Å². The van der Waals surface area contributed by atoms with Crippen LogP contribution in [0.1, 0.15) is 39.2 Å². The van der Waals surface area contributed by atoms with Crippen LogP contribution in [0.15, 0.2) is 23.1 Å². The summed E-state index contributed by atoms with van der Waals surface area (Å²) in [5.41, 5.74) is 7.80. The molecule has 0 aliphatic carbocycles. The minimum atomic E-state index is 0.0761. The molecule has 1 amide bonds. The van der Waals surface area contributed by atoms with Gasteiger partial charge in [-0.1, -0.05) is 19.9 Å². The van der Waals surface area contributed by atoms with Crippen molar-refractivity contribution in [2.45, 2.75) is 51.5 Å². The van der Waals surface area contributed by atoms with Crippen LogP contribution in [-0.2, 0) is 4.79 Å². The largest absolute Gasteiger partial charge is 0.398 e. The molecule has 1 aromatic rings. The zero-order valence-electron chi connectivity index (χ0n) is 12.9. The molecule has 0 bridgehead atoms. The molecule has 1 aromatic carbocycles. The Kier molecular flexibility index (Phi) is 6.93. The van der Waals surface area contributed by atoms with Crippen LogP contribution in [0, 0.1) is 12.8 Å². The van der Waals surface area contributed by atoms with E-state index >= 15 is 0 Å². The molecule has 112 valence electrons. The summed E-state index contributed by atoms with van der Waals surface area (Å²) in [7, 11) is 0. The zero-order chi connectivity index (χ0) is 15.1. The molecule has 0 spiro atoms. The fraction of sp³-hybridized carbons (Fsp3) is 0.562. The van der Waals surface area contributed by atoms with E-state index in [0.29, 0.717) is 11.7 Å². The first kappa shape index (κ1) is 16.9. The Balaban J connectivity index is 2.37. The predicted molar refractivity (Wildman–Crippen MR) is 88.0 cm³/mol. The Morgan fingerprint density at radius 2 is 2.00 bits per heavy atom. The van der Waals surface area contributed by atoms with Crippen LogP contribution in [0.25, 0.3) is 0 Å². The number of thioether (sulfide) groups is 1. The summed E-state index contributed by atoms with van der Waals surface area (Å²) in [6, 6.07) is 6.13. The summed E-state index contributed by atoms with van der Waals surface area (Å²) in [6.45, 7) is 8.49. The molecule has 0 fully saturated rings. The van der Waals surface area contributed by atoms with Gasteiger partial charge in [0, 0.05) is 16.6 Å². The van der Waals surface area contributed by atoms with Gasteiger partial charge in [-0.15, -0.1) is 11.8 Å². The van der Waals surface area contributed by atoms with Gasteiger partial charge in [0.05, 0.1) is 5.75 Å². The molecule has 0 aromatic heterocycles. The molecule has 0 saturated carbocycles. The summed E-state index contributed by atoms with van der Waals surface area (Å²) in [5, 5.41) is 3.04. The lowest BCUT2D eigenvalue weighted by Gasteiger charge is -2.15. The van der Waals surface area contributed by atoms with Crippen LogP contribution in [0.5, 0.6) is 0 Å². The maximum atomic E-state index is 11.9. The molecule has 4 heteroatoms. The first-order chi connectivity index (χ1) is 9.38. The lowest BCUT2D eigenvalue weighted by atomic mass is 10.0. The van der Waals surface area contributed by atoms with Crippen molar-refractivity contribution in [1.82, 2.24) is 5.32 Å². The van der Waals surface area contributed by atoms with Gasteiger partial charge in [0.25, 0.3) is 0 Å². The van der Waals surface area contributed by atoms with E-state index in [1.807, 2.05) is 25.1 Å². The monoisotopic (exact) mass is 294 g/mol. The number of rotatable bonds is 7. The lowest BCUT2D eigenvalue weighted by molar-refractivity contribution is -0.119. The number of hydrogen-bond acceptors (Lipinski definition) is 3. The van der Waals surface area contributed by atoms with Crippen molar-refractivity contribution in [2.24, 2.45) is 5.92 Å². The fourth-order valence-electron chi connectivity index (χ4n) is 1.88. The topological polar surface area (TPSA) is 55.1 Å². The third-order valence-electron chi connectivity index (χ3n) is 3.11. The van der Waals surface area contributed by atoms with Crippen molar-refractivity contribution in [1.29, 1.82) is 0 Å². The molecule has 0 aliphatic rings. The number of amides is 1. The highest BCUT2D eigenvalue weighted by Crippen LogP contribution is 2.25. The van der Waals surface area contributed by atoms with Gasteiger partial charge in [-0.2, -0.15) is 0 Å². The second-order valence-electron chi connectivity index (χ2n) is 5.77. The molecule has 0 radical (unpaired) electrons. The zero-order valence-corrected chi connectivity index (χ0v) is 13.7. The highest BCUT2D eigenvalue weighted by molar-refractivity contribution is 8.00. The third kappa shape index (κ3) is 6.33. The van der Waals surface area contributed by atoms with Gasteiger partial charge < -0.3 is 11.1 Å². The van der Waals surface area contributed by atoms with E-state index in [1.54, 1.807) is 0 Å². The van der Waals surface area contributed by atoms with Gasteiger partial charge in [0.2, 0.25) is 5.91 Å². The third-order valence-corrected chi connectivity index (χ3v) is 4.18. The Hall–Kier alpha value is -1.16. The Bertz CT molecular complexity index is 446. The minimum Gasteiger partial charge on any atom is -0.398 e. The number of carbonyl (C=O) groups excluding carboxylic acids is 1. The maximum Gasteiger partial charge on any atom is 0.230 e. The van der Waals surface area contributed by atoms with Gasteiger partial charge in [0.15, 0.2) is 0 Å². The summed E-state index contributed by atoms with van der Waals surface area (Å²) in [6.07, 6.45) is 2.17. The van der Waals surface area contributed by atoms with E-state index in [9.17, 15) is 4.79 Å². The first-order valence-corrected chi connectivity index (χ1v) is 8.15. The van der Waals surface area contributed by atoms with Crippen LogP contribution in [0.4, 0.5) is 5.69 Å². The molecule has 20 heavy (non-hydrogen) atoms. The average molecular weight is 294 g/mol. The highest BCUT2D eigenvalue weighted by Gasteiger charge is 2.09. The second kappa shape index (κ2) is 8.20. The van der Waals surface area contributed by atoms with E-state index in [-0.39, 0.29) is 11.9 Å². The predicted octanol–water partition coefficient (Wildman–Crippen LogP) is 3.61. The number of nitrogens with two attached hydrogens (primary N) is 1. The molecular formula is C16H26N2OS. The first-order valence-electron chi connectivity index (χ1n) is 7.16. The van der Waals surface area contributed by atoms with Gasteiger partial charge in [0.1, 0.15) is 0 Å². The standard InChI is InChI=1S/C16H26N2OS/c1-11(2)5-7-13(4)18-16(19)10-20-15-9-12(3)6-8-14(15)17/h6,8-9,11,13H,5,7,10,17H2,1-4H3,(H,18,19). The van der Waals surface area contributed by atoms with E-state index in [2.05, 4.69) is 26.1 Å². The van der Waals surface area contributed by atoms with Crippen molar-refractivity contribution >= 4 is 23.4 Å². The quantitative estimate of drug-likeness (QED) is 0.596. The number of hydrogen-bond donors (Lipinski definition) is 2. The van der Waals surface area contributed by atoms with Crippen molar-refractivity contribution in [3.8, 4) is 0 Å². The molecular weight excluding hydrogens is 268 g/mol. The Morgan fingerprint density at radius 3 is 2.65 bits per heavy atom. The number of anilines is 1. The number of benzene rings is 1. The number of aryl methyl sites for hydroxylation is 1. The molecule has 0 heterocycles. The lowest BCUT2D eigenvalue weighted by Crippen LogP contribution is -2.34. The highest BCUT2D eigenvalue weighted by atomic mass is 32.2. The number of carbonyl (C=O) groups is 1. The van der Waals surface area contributed by atoms with Crippen LogP contribution >= 0.6 is 11.8 Å². The summed E-state index contributed by atoms with van der Waals surface area (Å²) in [4.78, 5) is 12.9. The SMILES string of the molecule is Cc1ccc(N)c(SCC(=O)NC(C)CCC(C)C)c1. The van der Waals surface area contributed by atoms with Crippen molar-refractivity contribution in [2.75, 3.05) is 11.5 Å². The summed E-state index contributed by atoms with van der Waals surface area (Å²) < 4.78 is 0. The van der Waals surface area contributed by atoms with Crippen molar-refractivity contribution in [3.05, 3.63) is 23.8 Å². The van der Waals surface area contributed by atoms with Gasteiger partial charge in [-0.3, -0.25) is 4.79 Å². The molecule has 3 N–H and O–H groups in total. The van der Waals surface area contributed by atoms with Crippen LogP contribution in [-0.4, -0.2) is 17.7 Å². The Morgan fingerprint density at radius 1 is 1.30 bits per heavy atom. The molecule has 1 unspecified atom stereocenters. The molecule has 1 rings (SSSR count). The van der Waals surface area contributed by atoms with Gasteiger partial charge in [-0.05, 0) is 50.3 Å². The fourth-order valence-corrected chi connectivity index (χ4v) is 2.76. The minimum absolute atomic E-state index is 0.0761. The maximum absolute atomic E-state index is 11.9. The molecule has 0 saturated heterocycles. The van der Waals surface area contributed by atoms with E-state index in [4.69, 9.17) is 5.73 Å². The molecule has 1 atom stereocenters. The number of nitrogens with one attached hydrogen (secondary N) is 1.